The summed E-state index contributed by atoms with van der Waals surface area (Å²) < 4.78 is 5.02. The van der Waals surface area contributed by atoms with Gasteiger partial charge in [-0.3, -0.25) is 4.79 Å². The second-order valence-corrected chi connectivity index (χ2v) is 3.27. The molecule has 2 rings (SSSR count). The summed E-state index contributed by atoms with van der Waals surface area (Å²) in [4.78, 5) is 22.2. The lowest BCUT2D eigenvalue weighted by molar-refractivity contribution is -0.255. The van der Waals surface area contributed by atoms with E-state index in [-0.39, 0.29) is 5.39 Å². The quantitative estimate of drug-likeness (QED) is 0.675. The van der Waals surface area contributed by atoms with Gasteiger partial charge in [0.2, 0.25) is 5.43 Å². The maximum atomic E-state index is 11.6. The Hall–Kier alpha value is -2.10. The van der Waals surface area contributed by atoms with Crippen molar-refractivity contribution >= 4 is 16.9 Å². The van der Waals surface area contributed by atoms with Gasteiger partial charge in [0.15, 0.2) is 0 Å². The fourth-order valence-corrected chi connectivity index (χ4v) is 1.39. The molecular weight excluding hydrogens is 196 g/mol. The van der Waals surface area contributed by atoms with Crippen molar-refractivity contribution in [2.24, 2.45) is 0 Å². The van der Waals surface area contributed by atoms with E-state index >= 15 is 0 Å². The Morgan fingerprint density at radius 3 is 2.80 bits per heavy atom. The first-order chi connectivity index (χ1) is 7.09. The Kier molecular flexibility index (Phi) is 2.04. The fraction of sp³-hybridized carbons (Fsp3) is 0.0909. The summed E-state index contributed by atoms with van der Waals surface area (Å²) in [7, 11) is 0. The molecule has 0 aliphatic heterocycles. The molecule has 0 saturated carbocycles. The van der Waals surface area contributed by atoms with Crippen LogP contribution in [0.3, 0.4) is 0 Å². The molecule has 0 aliphatic carbocycles. The molecule has 76 valence electrons. The molecule has 0 spiro atoms. The van der Waals surface area contributed by atoms with Gasteiger partial charge in [0.25, 0.3) is 0 Å². The van der Waals surface area contributed by atoms with Gasteiger partial charge in [0, 0.05) is 0 Å². The zero-order chi connectivity index (χ0) is 11.0. The molecule has 4 nitrogen and oxygen atoms in total. The van der Waals surface area contributed by atoms with Crippen LogP contribution in [0.4, 0.5) is 0 Å². The van der Waals surface area contributed by atoms with Crippen molar-refractivity contribution < 1.29 is 14.3 Å². The molecule has 0 atom stereocenters. The van der Waals surface area contributed by atoms with Gasteiger partial charge in [0.1, 0.15) is 11.8 Å². The van der Waals surface area contributed by atoms with Crippen LogP contribution in [0.5, 0.6) is 0 Å². The van der Waals surface area contributed by atoms with Crippen LogP contribution in [0.2, 0.25) is 0 Å². The number of carbonyl (C=O) groups is 1. The molecule has 15 heavy (non-hydrogen) atoms. The van der Waals surface area contributed by atoms with Gasteiger partial charge in [-0.25, -0.2) is 0 Å². The molecule has 1 heterocycles. The number of hydrogen-bond acceptors (Lipinski definition) is 4. The molecule has 0 unspecified atom stereocenters. The van der Waals surface area contributed by atoms with E-state index < -0.39 is 17.0 Å². The van der Waals surface area contributed by atoms with Crippen LogP contribution in [0, 0.1) is 6.92 Å². The molecule has 0 saturated heterocycles. The van der Waals surface area contributed by atoms with Crippen molar-refractivity contribution in [3.8, 4) is 0 Å². The molecule has 1 aromatic heterocycles. The lowest BCUT2D eigenvalue weighted by Crippen LogP contribution is -2.28. The predicted octanol–water partition coefficient (Wildman–Crippen LogP) is 0.465. The van der Waals surface area contributed by atoms with Gasteiger partial charge in [-0.15, -0.1) is 0 Å². The van der Waals surface area contributed by atoms with E-state index in [0.717, 1.165) is 11.8 Å². The monoisotopic (exact) mass is 203 g/mol. The normalized spacial score (nSPS) is 10.5. The Morgan fingerprint density at radius 2 is 2.13 bits per heavy atom. The summed E-state index contributed by atoms with van der Waals surface area (Å²) in [5.41, 5.74) is 0.217. The zero-order valence-electron chi connectivity index (χ0n) is 7.94. The number of hydrogen-bond donors (Lipinski definition) is 0. The van der Waals surface area contributed by atoms with Gasteiger partial charge in [-0.1, -0.05) is 11.6 Å². The standard InChI is InChI=1S/C11H8O4/c1-6-2-3-9-7(4-6)10(12)8(5-15-9)11(13)14/h2-5H,1H3,(H,13,14)/p-1. The number of rotatable bonds is 1. The van der Waals surface area contributed by atoms with Gasteiger partial charge in [0.05, 0.1) is 16.9 Å². The zero-order valence-corrected chi connectivity index (χ0v) is 7.94. The summed E-state index contributed by atoms with van der Waals surface area (Å²) in [6, 6.07) is 5.00. The highest BCUT2D eigenvalue weighted by atomic mass is 16.4. The average molecular weight is 203 g/mol. The van der Waals surface area contributed by atoms with Crippen LogP contribution in [0.15, 0.2) is 33.7 Å². The van der Waals surface area contributed by atoms with E-state index in [0.29, 0.717) is 5.58 Å². The Balaban J connectivity index is 2.89. The minimum Gasteiger partial charge on any atom is -0.545 e. The lowest BCUT2D eigenvalue weighted by atomic mass is 10.1. The van der Waals surface area contributed by atoms with Crippen LogP contribution < -0.4 is 10.5 Å². The molecule has 0 radical (unpaired) electrons. The van der Waals surface area contributed by atoms with Crippen LogP contribution in [-0.4, -0.2) is 5.97 Å². The summed E-state index contributed by atoms with van der Waals surface area (Å²) in [5, 5.41) is 10.8. The smallest absolute Gasteiger partial charge is 0.201 e. The van der Waals surface area contributed by atoms with E-state index in [9.17, 15) is 14.7 Å². The average Bonchev–Trinajstić information content (AvgIpc) is 2.19. The first kappa shape index (κ1) is 9.45. The second kappa shape index (κ2) is 3.24. The largest absolute Gasteiger partial charge is 0.545 e. The molecule has 2 aromatic rings. The molecule has 0 aliphatic rings. The van der Waals surface area contributed by atoms with E-state index in [1.807, 2.05) is 6.92 Å². The highest BCUT2D eigenvalue weighted by molar-refractivity contribution is 5.90. The summed E-state index contributed by atoms with van der Waals surface area (Å²) in [6.07, 6.45) is 0.912. The summed E-state index contributed by atoms with van der Waals surface area (Å²) in [5.74, 6) is -1.52. The number of aryl methyl sites for hydroxylation is 1. The van der Waals surface area contributed by atoms with Crippen molar-refractivity contribution in [3.63, 3.8) is 0 Å². The molecule has 0 fully saturated rings. The van der Waals surface area contributed by atoms with Crippen molar-refractivity contribution in [3.05, 3.63) is 45.8 Å². The van der Waals surface area contributed by atoms with E-state index in [2.05, 4.69) is 0 Å². The van der Waals surface area contributed by atoms with E-state index in [1.165, 1.54) is 0 Å². The number of carbonyl (C=O) groups excluding carboxylic acids is 1. The highest BCUT2D eigenvalue weighted by Gasteiger charge is 2.07. The second-order valence-electron chi connectivity index (χ2n) is 3.27. The van der Waals surface area contributed by atoms with Gasteiger partial charge < -0.3 is 14.3 Å². The van der Waals surface area contributed by atoms with Crippen LogP contribution in [0.25, 0.3) is 11.0 Å². The number of benzene rings is 1. The van der Waals surface area contributed by atoms with Gasteiger partial charge in [-0.2, -0.15) is 0 Å². The molecule has 4 heteroatoms. The minimum absolute atomic E-state index is 0.261. The number of fused-ring (bicyclic) bond motifs is 1. The van der Waals surface area contributed by atoms with Crippen molar-refractivity contribution in [1.29, 1.82) is 0 Å². The Labute approximate surface area is 84.8 Å². The van der Waals surface area contributed by atoms with Crippen molar-refractivity contribution in [2.75, 3.05) is 0 Å². The third-order valence-corrected chi connectivity index (χ3v) is 2.15. The topological polar surface area (TPSA) is 70.3 Å². The first-order valence-corrected chi connectivity index (χ1v) is 4.33. The number of aromatic carboxylic acids is 1. The SMILES string of the molecule is Cc1ccc2occ(C(=O)[O-])c(=O)c2c1. The molecule has 1 aromatic carbocycles. The summed E-state index contributed by atoms with van der Waals surface area (Å²) >= 11 is 0. The highest BCUT2D eigenvalue weighted by Crippen LogP contribution is 2.12. The minimum atomic E-state index is -1.52. The van der Waals surface area contributed by atoms with Crippen LogP contribution >= 0.6 is 0 Å². The molecule has 0 amide bonds. The predicted molar refractivity (Wildman–Crippen MR) is 51.6 cm³/mol. The number of carboxylic acid groups (broad SMARTS) is 1. The third kappa shape index (κ3) is 1.50. The van der Waals surface area contributed by atoms with Gasteiger partial charge in [-0.05, 0) is 19.1 Å². The third-order valence-electron chi connectivity index (χ3n) is 2.15. The molecule has 0 bridgehead atoms. The summed E-state index contributed by atoms with van der Waals surface area (Å²) in [6.45, 7) is 1.81. The molecular formula is C11H7O4-. The lowest BCUT2D eigenvalue weighted by Gasteiger charge is -2.02. The first-order valence-electron chi connectivity index (χ1n) is 4.33. The maximum Gasteiger partial charge on any atom is 0.201 e. The number of carboxylic acids is 1. The van der Waals surface area contributed by atoms with E-state index in [4.69, 9.17) is 4.42 Å². The van der Waals surface area contributed by atoms with Gasteiger partial charge >= 0.3 is 0 Å². The Bertz CT molecular complexity index is 595. The molecule has 0 N–H and O–H groups in total. The van der Waals surface area contributed by atoms with Crippen LogP contribution in [-0.2, 0) is 0 Å². The maximum absolute atomic E-state index is 11.6. The van der Waals surface area contributed by atoms with Crippen molar-refractivity contribution in [2.45, 2.75) is 6.92 Å². The Morgan fingerprint density at radius 1 is 1.40 bits per heavy atom. The van der Waals surface area contributed by atoms with E-state index in [1.54, 1.807) is 18.2 Å². The van der Waals surface area contributed by atoms with Crippen molar-refractivity contribution in [1.82, 2.24) is 0 Å². The fourth-order valence-electron chi connectivity index (χ4n) is 1.39. The van der Waals surface area contributed by atoms with Crippen LogP contribution in [0.1, 0.15) is 15.9 Å².